The fourth-order valence-corrected chi connectivity index (χ4v) is 2.69. The lowest BCUT2D eigenvalue weighted by molar-refractivity contribution is 0.433. The summed E-state index contributed by atoms with van der Waals surface area (Å²) in [7, 11) is 0. The molecule has 0 spiro atoms. The molecule has 0 radical (unpaired) electrons. The molecule has 1 aliphatic rings. The third kappa shape index (κ3) is 2.96. The first kappa shape index (κ1) is 12.6. The van der Waals surface area contributed by atoms with Gasteiger partial charge in [-0.05, 0) is 43.6 Å². The molecule has 0 saturated carbocycles. The molecule has 0 atom stereocenters. The number of piperidine rings is 1. The molecular weight excluding hydrogens is 260 g/mol. The smallest absolute Gasteiger partial charge is 0.136 e. The molecule has 3 rings (SSSR count). The van der Waals surface area contributed by atoms with Gasteiger partial charge in [0.05, 0.1) is 6.54 Å². The average Bonchev–Trinajstić information content (AvgIpc) is 2.90. The van der Waals surface area contributed by atoms with Crippen LogP contribution in [0.1, 0.15) is 30.1 Å². The van der Waals surface area contributed by atoms with Crippen LogP contribution in [0.5, 0.6) is 0 Å². The van der Waals surface area contributed by atoms with E-state index in [1.165, 1.54) is 5.56 Å². The van der Waals surface area contributed by atoms with Crippen LogP contribution in [0.25, 0.3) is 0 Å². The van der Waals surface area contributed by atoms with Crippen molar-refractivity contribution in [3.05, 3.63) is 47.0 Å². The predicted molar refractivity (Wildman–Crippen MR) is 75.4 cm³/mol. The highest BCUT2D eigenvalue weighted by molar-refractivity contribution is 6.30. The molecule has 1 N–H and O–H groups in total. The summed E-state index contributed by atoms with van der Waals surface area (Å²) in [4.78, 5) is 0. The Morgan fingerprint density at radius 2 is 1.95 bits per heavy atom. The van der Waals surface area contributed by atoms with Crippen LogP contribution in [0, 0.1) is 0 Å². The van der Waals surface area contributed by atoms with E-state index in [1.54, 1.807) is 0 Å². The van der Waals surface area contributed by atoms with Crippen LogP contribution < -0.4 is 5.32 Å². The molecule has 1 aromatic carbocycles. The van der Waals surface area contributed by atoms with Crippen LogP contribution in [-0.4, -0.2) is 27.9 Å². The number of rotatable bonds is 3. The van der Waals surface area contributed by atoms with Crippen molar-refractivity contribution in [1.29, 1.82) is 0 Å². The number of hydrogen-bond acceptors (Lipinski definition) is 3. The maximum Gasteiger partial charge on any atom is 0.136 e. The second-order valence-corrected chi connectivity index (χ2v) is 5.40. The first-order valence-corrected chi connectivity index (χ1v) is 7.03. The standard InChI is InChI=1S/C14H17ClN4/c15-13-3-1-11(2-4-13)9-19-10-17-18-14(19)12-5-7-16-8-6-12/h1-4,10,12,16H,5-9H2. The van der Waals surface area contributed by atoms with Crippen LogP contribution >= 0.6 is 11.6 Å². The highest BCUT2D eigenvalue weighted by Crippen LogP contribution is 2.23. The predicted octanol–water partition coefficient (Wildman–Crippen LogP) is 2.45. The van der Waals surface area contributed by atoms with E-state index in [1.807, 2.05) is 18.5 Å². The van der Waals surface area contributed by atoms with Crippen molar-refractivity contribution in [2.24, 2.45) is 0 Å². The van der Waals surface area contributed by atoms with Crippen LogP contribution in [0.2, 0.25) is 5.02 Å². The Kier molecular flexibility index (Phi) is 3.80. The summed E-state index contributed by atoms with van der Waals surface area (Å²) in [6, 6.07) is 7.94. The van der Waals surface area contributed by atoms with Gasteiger partial charge in [-0.2, -0.15) is 0 Å². The number of nitrogens with zero attached hydrogens (tertiary/aromatic N) is 3. The number of halogens is 1. The zero-order valence-corrected chi connectivity index (χ0v) is 11.5. The van der Waals surface area contributed by atoms with Gasteiger partial charge in [0, 0.05) is 10.9 Å². The second kappa shape index (κ2) is 5.72. The largest absolute Gasteiger partial charge is 0.317 e. The molecule has 100 valence electrons. The molecule has 4 nitrogen and oxygen atoms in total. The van der Waals surface area contributed by atoms with E-state index in [2.05, 4.69) is 32.2 Å². The third-order valence-corrected chi connectivity index (χ3v) is 3.87. The summed E-state index contributed by atoms with van der Waals surface area (Å²) in [5, 5.41) is 12.5. The van der Waals surface area contributed by atoms with Crippen molar-refractivity contribution >= 4 is 11.6 Å². The van der Waals surface area contributed by atoms with E-state index < -0.39 is 0 Å². The normalized spacial score (nSPS) is 16.7. The van der Waals surface area contributed by atoms with Gasteiger partial charge in [-0.15, -0.1) is 10.2 Å². The summed E-state index contributed by atoms with van der Waals surface area (Å²) in [5.74, 6) is 1.63. The Morgan fingerprint density at radius 3 is 2.68 bits per heavy atom. The quantitative estimate of drug-likeness (QED) is 0.936. The van der Waals surface area contributed by atoms with Gasteiger partial charge in [-0.25, -0.2) is 0 Å². The van der Waals surface area contributed by atoms with E-state index in [4.69, 9.17) is 11.6 Å². The van der Waals surface area contributed by atoms with Crippen molar-refractivity contribution in [2.45, 2.75) is 25.3 Å². The SMILES string of the molecule is Clc1ccc(Cn2cnnc2C2CCNCC2)cc1. The van der Waals surface area contributed by atoms with Gasteiger partial charge in [-0.1, -0.05) is 23.7 Å². The summed E-state index contributed by atoms with van der Waals surface area (Å²) in [5.41, 5.74) is 1.22. The van der Waals surface area contributed by atoms with E-state index in [0.717, 1.165) is 43.3 Å². The van der Waals surface area contributed by atoms with E-state index in [9.17, 15) is 0 Å². The monoisotopic (exact) mass is 276 g/mol. The maximum atomic E-state index is 5.91. The van der Waals surface area contributed by atoms with Gasteiger partial charge in [0.2, 0.25) is 0 Å². The molecule has 1 fully saturated rings. The molecule has 5 heteroatoms. The molecule has 0 aliphatic carbocycles. The van der Waals surface area contributed by atoms with Gasteiger partial charge in [0.25, 0.3) is 0 Å². The third-order valence-electron chi connectivity index (χ3n) is 3.62. The fourth-order valence-electron chi connectivity index (χ4n) is 2.57. The molecule has 1 saturated heterocycles. The molecule has 0 unspecified atom stereocenters. The average molecular weight is 277 g/mol. The summed E-state index contributed by atoms with van der Waals surface area (Å²) < 4.78 is 2.15. The summed E-state index contributed by atoms with van der Waals surface area (Å²) >= 11 is 5.91. The fraction of sp³-hybridized carbons (Fsp3) is 0.429. The lowest BCUT2D eigenvalue weighted by Gasteiger charge is -2.22. The number of aromatic nitrogens is 3. The molecule has 2 aromatic rings. The summed E-state index contributed by atoms with van der Waals surface area (Å²) in [6.07, 6.45) is 4.10. The van der Waals surface area contributed by atoms with Crippen molar-refractivity contribution in [3.63, 3.8) is 0 Å². The number of hydrogen-bond donors (Lipinski definition) is 1. The molecule has 2 heterocycles. The number of nitrogens with one attached hydrogen (secondary N) is 1. The van der Waals surface area contributed by atoms with Crippen molar-refractivity contribution < 1.29 is 0 Å². The van der Waals surface area contributed by atoms with E-state index >= 15 is 0 Å². The van der Waals surface area contributed by atoms with Crippen LogP contribution in [0.3, 0.4) is 0 Å². The first-order valence-electron chi connectivity index (χ1n) is 6.66. The highest BCUT2D eigenvalue weighted by Gasteiger charge is 2.20. The van der Waals surface area contributed by atoms with Crippen molar-refractivity contribution in [1.82, 2.24) is 20.1 Å². The van der Waals surface area contributed by atoms with Gasteiger partial charge in [-0.3, -0.25) is 0 Å². The highest BCUT2D eigenvalue weighted by atomic mass is 35.5. The van der Waals surface area contributed by atoms with Gasteiger partial charge < -0.3 is 9.88 Å². The number of benzene rings is 1. The van der Waals surface area contributed by atoms with Crippen LogP contribution in [-0.2, 0) is 6.54 Å². The minimum absolute atomic E-state index is 0.524. The molecule has 19 heavy (non-hydrogen) atoms. The summed E-state index contributed by atoms with van der Waals surface area (Å²) in [6.45, 7) is 2.94. The molecule has 1 aromatic heterocycles. The minimum Gasteiger partial charge on any atom is -0.317 e. The van der Waals surface area contributed by atoms with Crippen molar-refractivity contribution in [3.8, 4) is 0 Å². The minimum atomic E-state index is 0.524. The Bertz CT molecular complexity index is 529. The zero-order chi connectivity index (χ0) is 13.1. The van der Waals surface area contributed by atoms with Gasteiger partial charge >= 0.3 is 0 Å². The molecular formula is C14H17ClN4. The van der Waals surface area contributed by atoms with Crippen LogP contribution in [0.15, 0.2) is 30.6 Å². The van der Waals surface area contributed by atoms with Gasteiger partial charge in [0.15, 0.2) is 0 Å². The Labute approximate surface area is 117 Å². The molecule has 0 amide bonds. The molecule has 1 aliphatic heterocycles. The van der Waals surface area contributed by atoms with Gasteiger partial charge in [0.1, 0.15) is 12.2 Å². The Morgan fingerprint density at radius 1 is 1.21 bits per heavy atom. The zero-order valence-electron chi connectivity index (χ0n) is 10.7. The molecule has 0 bridgehead atoms. The van der Waals surface area contributed by atoms with E-state index in [0.29, 0.717) is 5.92 Å². The van der Waals surface area contributed by atoms with E-state index in [-0.39, 0.29) is 0 Å². The Hall–Kier alpha value is -1.39. The first-order chi connectivity index (χ1) is 9.33. The lowest BCUT2D eigenvalue weighted by atomic mass is 9.97. The lowest BCUT2D eigenvalue weighted by Crippen LogP contribution is -2.28. The topological polar surface area (TPSA) is 42.7 Å². The second-order valence-electron chi connectivity index (χ2n) is 4.97. The maximum absolute atomic E-state index is 5.91. The Balaban J connectivity index is 1.77. The van der Waals surface area contributed by atoms with Crippen molar-refractivity contribution in [2.75, 3.05) is 13.1 Å². The van der Waals surface area contributed by atoms with Crippen LogP contribution in [0.4, 0.5) is 0 Å².